The molecule has 0 aliphatic carbocycles. The summed E-state index contributed by atoms with van der Waals surface area (Å²) in [7, 11) is 0. The van der Waals surface area contributed by atoms with Gasteiger partial charge in [0.1, 0.15) is 22.4 Å². The lowest BCUT2D eigenvalue weighted by molar-refractivity contribution is 0.621. The Bertz CT molecular complexity index is 620. The molecule has 100 valence electrons. The first-order valence-electron chi connectivity index (χ1n) is 5.22. The summed E-state index contributed by atoms with van der Waals surface area (Å²) >= 11 is 6.46. The van der Waals surface area contributed by atoms with Crippen molar-refractivity contribution in [1.82, 2.24) is 9.97 Å². The van der Waals surface area contributed by atoms with Crippen LogP contribution in [0, 0.1) is 12.7 Å². The number of aryl methyl sites for hydroxylation is 1. The van der Waals surface area contributed by atoms with Gasteiger partial charge >= 0.3 is 0 Å². The summed E-state index contributed by atoms with van der Waals surface area (Å²) in [5.41, 5.74) is 3.93. The lowest BCUT2D eigenvalue weighted by atomic mass is 10.2. The molecular formula is C11H10Br2FN5. The Kier molecular flexibility index (Phi) is 4.33. The van der Waals surface area contributed by atoms with E-state index in [2.05, 4.69) is 52.6 Å². The van der Waals surface area contributed by atoms with Crippen LogP contribution in [0.5, 0.6) is 0 Å². The highest BCUT2D eigenvalue weighted by Crippen LogP contribution is 2.31. The van der Waals surface area contributed by atoms with E-state index in [1.54, 1.807) is 6.07 Å². The Morgan fingerprint density at radius 1 is 1.21 bits per heavy atom. The molecule has 1 aromatic heterocycles. The van der Waals surface area contributed by atoms with Crippen molar-refractivity contribution in [2.45, 2.75) is 6.92 Å². The van der Waals surface area contributed by atoms with Crippen LogP contribution in [-0.2, 0) is 0 Å². The van der Waals surface area contributed by atoms with Gasteiger partial charge in [0.2, 0.25) is 0 Å². The van der Waals surface area contributed by atoms with E-state index in [-0.39, 0.29) is 5.82 Å². The Morgan fingerprint density at radius 3 is 2.58 bits per heavy atom. The van der Waals surface area contributed by atoms with Gasteiger partial charge in [-0.25, -0.2) is 20.2 Å². The van der Waals surface area contributed by atoms with Crippen molar-refractivity contribution in [2.24, 2.45) is 5.84 Å². The number of benzene rings is 1. The van der Waals surface area contributed by atoms with Crippen molar-refractivity contribution in [3.63, 3.8) is 0 Å². The van der Waals surface area contributed by atoms with Gasteiger partial charge in [0.25, 0.3) is 0 Å². The molecule has 0 saturated carbocycles. The SMILES string of the molecule is Cc1cc(Br)c(F)cc1Nc1ncnc(NN)c1Br. The number of hydrazine groups is 1. The molecule has 0 aliphatic rings. The summed E-state index contributed by atoms with van der Waals surface area (Å²) in [4.78, 5) is 8.01. The van der Waals surface area contributed by atoms with Gasteiger partial charge in [0.05, 0.1) is 4.47 Å². The lowest BCUT2D eigenvalue weighted by Gasteiger charge is -2.12. The summed E-state index contributed by atoms with van der Waals surface area (Å²) < 4.78 is 14.5. The first kappa shape index (κ1) is 14.2. The van der Waals surface area contributed by atoms with Crippen LogP contribution in [-0.4, -0.2) is 9.97 Å². The van der Waals surface area contributed by atoms with Gasteiger partial charge < -0.3 is 10.7 Å². The second-order valence-electron chi connectivity index (χ2n) is 3.74. The first-order valence-corrected chi connectivity index (χ1v) is 6.81. The second-order valence-corrected chi connectivity index (χ2v) is 5.38. The minimum absolute atomic E-state index is 0.351. The number of anilines is 3. The molecule has 1 heterocycles. The summed E-state index contributed by atoms with van der Waals surface area (Å²) in [6.45, 7) is 1.86. The molecule has 1 aromatic carbocycles. The number of nitrogens with one attached hydrogen (secondary N) is 2. The zero-order chi connectivity index (χ0) is 14.0. The predicted molar refractivity (Wildman–Crippen MR) is 79.7 cm³/mol. The van der Waals surface area contributed by atoms with Crippen LogP contribution in [0.15, 0.2) is 27.4 Å². The van der Waals surface area contributed by atoms with Crippen LogP contribution in [0.1, 0.15) is 5.56 Å². The largest absolute Gasteiger partial charge is 0.339 e. The number of aromatic nitrogens is 2. The summed E-state index contributed by atoms with van der Waals surface area (Å²) in [5, 5.41) is 3.03. The molecule has 0 bridgehead atoms. The zero-order valence-corrected chi connectivity index (χ0v) is 13.0. The number of rotatable bonds is 3. The van der Waals surface area contributed by atoms with Crippen molar-refractivity contribution in [2.75, 3.05) is 10.7 Å². The van der Waals surface area contributed by atoms with E-state index in [0.29, 0.717) is 26.3 Å². The maximum Gasteiger partial charge on any atom is 0.159 e. The van der Waals surface area contributed by atoms with Crippen molar-refractivity contribution >= 4 is 49.2 Å². The van der Waals surface area contributed by atoms with Crippen LogP contribution >= 0.6 is 31.9 Å². The third-order valence-corrected chi connectivity index (χ3v) is 3.81. The molecule has 5 nitrogen and oxygen atoms in total. The topological polar surface area (TPSA) is 75.9 Å². The second kappa shape index (κ2) is 5.81. The maximum absolute atomic E-state index is 13.5. The Labute approximate surface area is 126 Å². The molecule has 0 aliphatic heterocycles. The fourth-order valence-corrected chi connectivity index (χ4v) is 2.34. The fraction of sp³-hybridized carbons (Fsp3) is 0.0909. The van der Waals surface area contributed by atoms with Crippen LogP contribution in [0.25, 0.3) is 0 Å². The van der Waals surface area contributed by atoms with E-state index in [4.69, 9.17) is 5.84 Å². The number of nitrogens with two attached hydrogens (primary N) is 1. The summed E-state index contributed by atoms with van der Waals surface area (Å²) in [6.07, 6.45) is 1.35. The van der Waals surface area contributed by atoms with Gasteiger partial charge in [0.15, 0.2) is 5.82 Å². The third kappa shape index (κ3) is 3.02. The molecule has 8 heteroatoms. The Balaban J connectivity index is 2.39. The summed E-state index contributed by atoms with van der Waals surface area (Å²) in [5.74, 6) is 5.90. The first-order chi connectivity index (χ1) is 9.02. The number of hydrogen-bond donors (Lipinski definition) is 3. The van der Waals surface area contributed by atoms with E-state index in [9.17, 15) is 4.39 Å². The highest BCUT2D eigenvalue weighted by molar-refractivity contribution is 9.11. The quantitative estimate of drug-likeness (QED) is 0.552. The molecular weight excluding hydrogens is 381 g/mol. The predicted octanol–water partition coefficient (Wildman–Crippen LogP) is 3.48. The van der Waals surface area contributed by atoms with E-state index in [1.807, 2.05) is 6.92 Å². The highest BCUT2D eigenvalue weighted by atomic mass is 79.9. The van der Waals surface area contributed by atoms with Gasteiger partial charge in [-0.3, -0.25) is 0 Å². The molecule has 0 saturated heterocycles. The van der Waals surface area contributed by atoms with Crippen LogP contribution < -0.4 is 16.6 Å². The van der Waals surface area contributed by atoms with Crippen LogP contribution in [0.3, 0.4) is 0 Å². The zero-order valence-electron chi connectivity index (χ0n) is 9.84. The molecule has 0 radical (unpaired) electrons. The molecule has 2 rings (SSSR count). The fourth-order valence-electron chi connectivity index (χ4n) is 1.47. The van der Waals surface area contributed by atoms with E-state index in [0.717, 1.165) is 5.56 Å². The molecule has 0 spiro atoms. The van der Waals surface area contributed by atoms with Crippen molar-refractivity contribution in [3.8, 4) is 0 Å². The third-order valence-electron chi connectivity index (χ3n) is 2.45. The van der Waals surface area contributed by atoms with Crippen molar-refractivity contribution < 1.29 is 4.39 Å². The average Bonchev–Trinajstić information content (AvgIpc) is 2.38. The highest BCUT2D eigenvalue weighted by Gasteiger charge is 2.11. The minimum Gasteiger partial charge on any atom is -0.339 e. The number of nitrogens with zero attached hydrogens (tertiary/aromatic N) is 2. The minimum atomic E-state index is -0.351. The Morgan fingerprint density at radius 2 is 1.89 bits per heavy atom. The monoisotopic (exact) mass is 389 g/mol. The van der Waals surface area contributed by atoms with Gasteiger partial charge in [0, 0.05) is 5.69 Å². The normalized spacial score (nSPS) is 10.4. The van der Waals surface area contributed by atoms with E-state index in [1.165, 1.54) is 12.4 Å². The molecule has 2 aromatic rings. The molecule has 4 N–H and O–H groups in total. The van der Waals surface area contributed by atoms with Crippen molar-refractivity contribution in [3.05, 3.63) is 38.8 Å². The van der Waals surface area contributed by atoms with Crippen LogP contribution in [0.2, 0.25) is 0 Å². The van der Waals surface area contributed by atoms with Gasteiger partial charge in [-0.15, -0.1) is 0 Å². The Hall–Kier alpha value is -1.25. The number of hydrogen-bond acceptors (Lipinski definition) is 5. The number of nitrogen functional groups attached to an aromatic ring is 1. The molecule has 19 heavy (non-hydrogen) atoms. The van der Waals surface area contributed by atoms with E-state index < -0.39 is 0 Å². The molecule has 0 amide bonds. The maximum atomic E-state index is 13.5. The van der Waals surface area contributed by atoms with Gasteiger partial charge in [-0.1, -0.05) is 0 Å². The van der Waals surface area contributed by atoms with Gasteiger partial charge in [-0.05, 0) is 56.5 Å². The molecule has 0 fully saturated rings. The standard InChI is InChI=1S/C11H10Br2FN5/c1-5-2-6(12)7(14)3-8(5)18-10-9(13)11(19-15)17-4-16-10/h2-4H,15H2,1H3,(H2,16,17,18,19). The van der Waals surface area contributed by atoms with Gasteiger partial charge in [-0.2, -0.15) is 0 Å². The average molecular weight is 391 g/mol. The summed E-state index contributed by atoms with van der Waals surface area (Å²) in [6, 6.07) is 3.08. The van der Waals surface area contributed by atoms with E-state index >= 15 is 0 Å². The van der Waals surface area contributed by atoms with Crippen molar-refractivity contribution in [1.29, 1.82) is 0 Å². The van der Waals surface area contributed by atoms with Crippen LogP contribution in [0.4, 0.5) is 21.7 Å². The number of halogens is 3. The smallest absolute Gasteiger partial charge is 0.159 e. The lowest BCUT2D eigenvalue weighted by Crippen LogP contribution is -2.10. The molecule has 0 unspecified atom stereocenters. The molecule has 0 atom stereocenters.